The van der Waals surface area contributed by atoms with E-state index in [4.69, 9.17) is 0 Å². The van der Waals surface area contributed by atoms with Gasteiger partial charge >= 0.3 is 0 Å². The van der Waals surface area contributed by atoms with Gasteiger partial charge in [-0.1, -0.05) is 75.0 Å². The highest BCUT2D eigenvalue weighted by atomic mass is 127. The van der Waals surface area contributed by atoms with Crippen LogP contribution in [0.5, 0.6) is 0 Å². The highest BCUT2D eigenvalue weighted by Crippen LogP contribution is 2.52. The van der Waals surface area contributed by atoms with Gasteiger partial charge in [-0.25, -0.2) is 0 Å². The number of hydrogen-bond donors (Lipinski definition) is 0. The van der Waals surface area contributed by atoms with Crippen molar-refractivity contribution in [3.05, 3.63) is 0 Å². The fraction of sp³-hybridized carbons (Fsp3) is 1.00. The van der Waals surface area contributed by atoms with Crippen molar-refractivity contribution in [1.82, 2.24) is 0 Å². The summed E-state index contributed by atoms with van der Waals surface area (Å²) >= 11 is 9.05. The van der Waals surface area contributed by atoms with Crippen LogP contribution in [-0.2, 0) is 0 Å². The molecule has 1 saturated carbocycles. The first-order valence-electron chi connectivity index (χ1n) is 4.19. The van der Waals surface area contributed by atoms with Crippen molar-refractivity contribution in [2.45, 2.75) is 51.2 Å². The molecule has 0 amide bonds. The summed E-state index contributed by atoms with van der Waals surface area (Å²) in [4.78, 5) is 0. The van der Waals surface area contributed by atoms with Gasteiger partial charge < -0.3 is 0 Å². The Balaban J connectivity index is 2.81. The van der Waals surface area contributed by atoms with Crippen LogP contribution < -0.4 is 0 Å². The first kappa shape index (κ1) is 12.0. The third-order valence-electron chi connectivity index (χ3n) is 2.21. The molecular weight excluding hydrogens is 442 g/mol. The zero-order chi connectivity index (χ0) is 9.62. The van der Waals surface area contributed by atoms with E-state index in [2.05, 4.69) is 81.9 Å². The van der Waals surface area contributed by atoms with Crippen LogP contribution in [0.4, 0.5) is 0 Å². The quantitative estimate of drug-likeness (QED) is 0.366. The molecule has 0 saturated heterocycles. The fourth-order valence-corrected chi connectivity index (χ4v) is 8.88. The molecule has 0 heterocycles. The van der Waals surface area contributed by atoms with Crippen molar-refractivity contribution in [2.24, 2.45) is 0 Å². The standard InChI is InChI=1S/C9H15BrI2/c1-7(10)4-8(2,11)6-9(3,12)5-7/h4-6H2,1-3H3. The minimum Gasteiger partial charge on any atom is -0.0855 e. The summed E-state index contributed by atoms with van der Waals surface area (Å²) < 4.78 is 1.27. The Bertz CT molecular complexity index is 140. The second kappa shape index (κ2) is 3.51. The molecule has 12 heavy (non-hydrogen) atoms. The van der Waals surface area contributed by atoms with E-state index in [9.17, 15) is 0 Å². The van der Waals surface area contributed by atoms with E-state index in [1.54, 1.807) is 0 Å². The van der Waals surface area contributed by atoms with Crippen molar-refractivity contribution in [2.75, 3.05) is 0 Å². The lowest BCUT2D eigenvalue weighted by Crippen LogP contribution is -2.44. The molecule has 0 aliphatic heterocycles. The molecule has 2 atom stereocenters. The van der Waals surface area contributed by atoms with E-state index < -0.39 is 0 Å². The van der Waals surface area contributed by atoms with Gasteiger partial charge in [0.2, 0.25) is 0 Å². The molecule has 2 unspecified atom stereocenters. The Morgan fingerprint density at radius 1 is 0.917 bits per heavy atom. The Morgan fingerprint density at radius 3 is 1.50 bits per heavy atom. The molecular formula is C9H15BrI2. The van der Waals surface area contributed by atoms with E-state index in [1.807, 2.05) is 0 Å². The van der Waals surface area contributed by atoms with Crippen molar-refractivity contribution < 1.29 is 0 Å². The Morgan fingerprint density at radius 2 is 1.25 bits per heavy atom. The average molecular weight is 457 g/mol. The maximum absolute atomic E-state index is 3.83. The van der Waals surface area contributed by atoms with Gasteiger partial charge in [0.05, 0.1) is 0 Å². The maximum Gasteiger partial charge on any atom is 0.0255 e. The molecule has 3 heteroatoms. The topological polar surface area (TPSA) is 0 Å². The van der Waals surface area contributed by atoms with Crippen molar-refractivity contribution in [3.63, 3.8) is 0 Å². The highest BCUT2D eigenvalue weighted by Gasteiger charge is 2.45. The molecule has 0 aromatic rings. The number of rotatable bonds is 0. The van der Waals surface area contributed by atoms with Crippen molar-refractivity contribution in [1.29, 1.82) is 0 Å². The molecule has 0 aromatic heterocycles. The summed E-state index contributed by atoms with van der Waals surface area (Å²) in [7, 11) is 0. The Labute approximate surface area is 111 Å². The average Bonchev–Trinajstić information content (AvgIpc) is 1.44. The first-order chi connectivity index (χ1) is 5.12. The summed E-state index contributed by atoms with van der Waals surface area (Å²) in [6.45, 7) is 7.05. The van der Waals surface area contributed by atoms with Crippen LogP contribution in [0.2, 0.25) is 0 Å². The molecule has 0 radical (unpaired) electrons. The van der Waals surface area contributed by atoms with Crippen molar-refractivity contribution in [3.8, 4) is 0 Å². The molecule has 1 fully saturated rings. The fourth-order valence-electron chi connectivity index (χ4n) is 2.49. The molecule has 1 rings (SSSR count). The third kappa shape index (κ3) is 3.59. The summed E-state index contributed by atoms with van der Waals surface area (Å²) in [5.41, 5.74) is 0. The first-order valence-corrected chi connectivity index (χ1v) is 7.14. The van der Waals surface area contributed by atoms with Crippen LogP contribution in [0.3, 0.4) is 0 Å². The molecule has 0 aromatic carbocycles. The van der Waals surface area contributed by atoms with Crippen molar-refractivity contribution >= 4 is 61.1 Å². The van der Waals surface area contributed by atoms with Gasteiger partial charge in [-0.2, -0.15) is 0 Å². The van der Waals surface area contributed by atoms with Crippen LogP contribution in [0.15, 0.2) is 0 Å². The summed E-state index contributed by atoms with van der Waals surface area (Å²) in [6, 6.07) is 0. The number of alkyl halides is 3. The van der Waals surface area contributed by atoms with E-state index in [0.29, 0.717) is 11.2 Å². The van der Waals surface area contributed by atoms with Gasteiger partial charge in [0.1, 0.15) is 0 Å². The monoisotopic (exact) mass is 456 g/mol. The predicted octanol–water partition coefficient (Wildman–Crippen LogP) is 4.71. The van der Waals surface area contributed by atoms with Crippen LogP contribution in [0, 0.1) is 0 Å². The Hall–Kier alpha value is 1.94. The summed E-state index contributed by atoms with van der Waals surface area (Å²) in [5.74, 6) is 0. The zero-order valence-electron chi connectivity index (χ0n) is 7.76. The van der Waals surface area contributed by atoms with Gasteiger partial charge in [-0.3, -0.25) is 0 Å². The van der Waals surface area contributed by atoms with Gasteiger partial charge in [0.25, 0.3) is 0 Å². The lowest BCUT2D eigenvalue weighted by atomic mass is 9.77. The second-order valence-electron chi connectivity index (χ2n) is 4.77. The van der Waals surface area contributed by atoms with Crippen LogP contribution in [0.25, 0.3) is 0 Å². The SMILES string of the molecule is CC1(Br)CC(C)(I)CC(C)(I)C1. The lowest BCUT2D eigenvalue weighted by Gasteiger charge is -2.45. The molecule has 0 N–H and O–H groups in total. The number of halogens is 3. The summed E-state index contributed by atoms with van der Waals surface area (Å²) in [6.07, 6.45) is 3.88. The van der Waals surface area contributed by atoms with Gasteiger partial charge in [0, 0.05) is 11.2 Å². The van der Waals surface area contributed by atoms with E-state index >= 15 is 0 Å². The maximum atomic E-state index is 3.83. The minimum atomic E-state index is 0.344. The molecule has 1 aliphatic rings. The van der Waals surface area contributed by atoms with Crippen LogP contribution in [0.1, 0.15) is 40.0 Å². The van der Waals surface area contributed by atoms with Gasteiger partial charge in [-0.05, 0) is 26.2 Å². The van der Waals surface area contributed by atoms with E-state index in [1.165, 1.54) is 19.3 Å². The minimum absolute atomic E-state index is 0.344. The molecule has 72 valence electrons. The van der Waals surface area contributed by atoms with E-state index in [-0.39, 0.29) is 0 Å². The Kier molecular flexibility index (Phi) is 3.51. The zero-order valence-corrected chi connectivity index (χ0v) is 13.7. The normalized spacial score (nSPS) is 55.5. The van der Waals surface area contributed by atoms with Gasteiger partial charge in [-0.15, -0.1) is 0 Å². The molecule has 1 aliphatic carbocycles. The van der Waals surface area contributed by atoms with Crippen LogP contribution in [-0.4, -0.2) is 11.2 Å². The molecule has 0 nitrogen and oxygen atoms in total. The smallest absolute Gasteiger partial charge is 0.0255 e. The largest absolute Gasteiger partial charge is 0.0855 e. The molecule has 0 spiro atoms. The van der Waals surface area contributed by atoms with Crippen LogP contribution >= 0.6 is 61.1 Å². The highest BCUT2D eigenvalue weighted by molar-refractivity contribution is 14.1. The third-order valence-corrected chi connectivity index (χ3v) is 4.30. The number of hydrogen-bond acceptors (Lipinski definition) is 0. The second-order valence-corrected chi connectivity index (χ2v) is 11.9. The summed E-state index contributed by atoms with van der Waals surface area (Å²) in [5, 5.41) is 0. The molecule has 0 bridgehead atoms. The van der Waals surface area contributed by atoms with E-state index in [0.717, 1.165) is 0 Å². The predicted molar refractivity (Wildman–Crippen MR) is 76.0 cm³/mol. The van der Waals surface area contributed by atoms with Gasteiger partial charge in [0.15, 0.2) is 0 Å². The lowest BCUT2D eigenvalue weighted by molar-refractivity contribution is 0.338.